The van der Waals surface area contributed by atoms with E-state index in [4.69, 9.17) is 10.8 Å². The quantitative estimate of drug-likeness (QED) is 0.232. The van der Waals surface area contributed by atoms with Gasteiger partial charge in [-0.25, -0.2) is 0 Å². The minimum atomic E-state index is 0.110. The van der Waals surface area contributed by atoms with Gasteiger partial charge >= 0.3 is 0 Å². The van der Waals surface area contributed by atoms with E-state index in [0.29, 0.717) is 13.1 Å². The fraction of sp³-hybridized carbons (Fsp3) is 0.600. The maximum Gasteiger partial charge on any atom is 0.0611 e. The molecule has 0 aliphatic heterocycles. The first-order chi connectivity index (χ1) is 3.91. The summed E-state index contributed by atoms with van der Waals surface area (Å²) in [7, 11) is 0. The van der Waals surface area contributed by atoms with Crippen molar-refractivity contribution in [3.05, 3.63) is 0 Å². The average Bonchev–Trinajstić information content (AvgIpc) is 1.81. The molecule has 0 saturated carbocycles. The Morgan fingerprint density at radius 3 is 2.88 bits per heavy atom. The average molecular weight is 114 g/mol. The van der Waals surface area contributed by atoms with Gasteiger partial charge in [0.15, 0.2) is 0 Å². The molecule has 0 aromatic rings. The highest BCUT2D eigenvalue weighted by Gasteiger charge is 1.70. The normalized spacial score (nSPS) is 7.25. The molecule has 8 heavy (non-hydrogen) atoms. The van der Waals surface area contributed by atoms with E-state index in [1.807, 2.05) is 0 Å². The molecule has 0 atom stereocenters. The number of aliphatic hydroxyl groups is 1. The van der Waals surface area contributed by atoms with Gasteiger partial charge in [-0.05, 0) is 0 Å². The Bertz CT molecular complexity index is 92.3. The Morgan fingerprint density at radius 1 is 1.62 bits per heavy atom. The highest BCUT2D eigenvalue weighted by Crippen LogP contribution is 1.50. The van der Waals surface area contributed by atoms with Gasteiger partial charge in [0.05, 0.1) is 13.2 Å². The number of nitrogens with one attached hydrogen (secondary N) is 1. The summed E-state index contributed by atoms with van der Waals surface area (Å²) in [5, 5.41) is 10.8. The summed E-state index contributed by atoms with van der Waals surface area (Å²) >= 11 is 0. The van der Waals surface area contributed by atoms with E-state index in [1.165, 1.54) is 0 Å². The zero-order chi connectivity index (χ0) is 6.24. The highest BCUT2D eigenvalue weighted by atomic mass is 16.3. The molecule has 0 bridgehead atoms. The van der Waals surface area contributed by atoms with Crippen LogP contribution in [0.2, 0.25) is 0 Å². The van der Waals surface area contributed by atoms with Crippen molar-refractivity contribution in [2.24, 2.45) is 5.73 Å². The molecule has 3 heteroatoms. The Morgan fingerprint density at radius 2 is 2.38 bits per heavy atom. The molecule has 0 aromatic heterocycles. The summed E-state index contributed by atoms with van der Waals surface area (Å²) in [5.41, 5.74) is 5.03. The first-order valence-electron chi connectivity index (χ1n) is 2.43. The molecule has 0 saturated heterocycles. The van der Waals surface area contributed by atoms with Crippen LogP contribution in [0.15, 0.2) is 0 Å². The Kier molecular flexibility index (Phi) is 5.71. The Labute approximate surface area is 48.9 Å². The van der Waals surface area contributed by atoms with E-state index in [0.717, 1.165) is 0 Å². The summed E-state index contributed by atoms with van der Waals surface area (Å²) in [6.45, 7) is 0.977. The first kappa shape index (κ1) is 7.28. The molecule has 0 spiro atoms. The lowest BCUT2D eigenvalue weighted by atomic mass is 10.6. The number of nitrogens with two attached hydrogens (primary N) is 1. The van der Waals surface area contributed by atoms with Crippen molar-refractivity contribution in [2.75, 3.05) is 19.7 Å². The number of hydrogen-bond donors (Lipinski definition) is 3. The van der Waals surface area contributed by atoms with Crippen molar-refractivity contribution in [1.82, 2.24) is 5.32 Å². The van der Waals surface area contributed by atoms with E-state index in [-0.39, 0.29) is 6.61 Å². The van der Waals surface area contributed by atoms with Crippen LogP contribution in [-0.4, -0.2) is 24.8 Å². The van der Waals surface area contributed by atoms with Gasteiger partial charge < -0.3 is 16.2 Å². The molecule has 0 unspecified atom stereocenters. The molecular weight excluding hydrogens is 104 g/mol. The zero-order valence-corrected chi connectivity index (χ0v) is 4.65. The topological polar surface area (TPSA) is 58.3 Å². The maximum atomic E-state index is 8.20. The zero-order valence-electron chi connectivity index (χ0n) is 4.65. The molecule has 3 nitrogen and oxygen atoms in total. The lowest BCUT2D eigenvalue weighted by molar-refractivity contribution is 0.299. The Hall–Kier alpha value is -0.720. The van der Waals surface area contributed by atoms with Crippen LogP contribution in [0.25, 0.3) is 0 Å². The van der Waals surface area contributed by atoms with Gasteiger partial charge in [-0.3, -0.25) is 0 Å². The molecule has 0 fully saturated rings. The summed E-state index contributed by atoms with van der Waals surface area (Å²) in [4.78, 5) is 0. The highest BCUT2D eigenvalue weighted by molar-refractivity contribution is 4.97. The standard InChI is InChI=1S/C5H10N2O/c6-2-1-3-7-4-5-8/h7-8H,2,4-6H2. The van der Waals surface area contributed by atoms with E-state index in [9.17, 15) is 0 Å². The third-order valence-electron chi connectivity index (χ3n) is 0.516. The fourth-order valence-electron chi connectivity index (χ4n) is 0.232. The minimum Gasteiger partial charge on any atom is -0.395 e. The molecule has 0 rings (SSSR count). The summed E-state index contributed by atoms with van der Waals surface area (Å²) < 4.78 is 0. The van der Waals surface area contributed by atoms with Crippen LogP contribution in [0.4, 0.5) is 0 Å². The van der Waals surface area contributed by atoms with Crippen LogP contribution in [-0.2, 0) is 0 Å². The van der Waals surface area contributed by atoms with Crippen LogP contribution in [0.1, 0.15) is 0 Å². The SMILES string of the molecule is NCC#CNCCO. The molecule has 0 aliphatic rings. The van der Waals surface area contributed by atoms with Crippen molar-refractivity contribution in [1.29, 1.82) is 0 Å². The molecule has 4 N–H and O–H groups in total. The molecule has 0 heterocycles. The third kappa shape index (κ3) is 5.28. The second kappa shape index (κ2) is 6.28. The van der Waals surface area contributed by atoms with Crippen LogP contribution < -0.4 is 11.1 Å². The summed E-state index contributed by atoms with van der Waals surface area (Å²) in [5.74, 6) is 2.59. The van der Waals surface area contributed by atoms with Crippen LogP contribution in [0, 0.1) is 12.0 Å². The van der Waals surface area contributed by atoms with Gasteiger partial charge in [-0.1, -0.05) is 5.92 Å². The number of hydrogen-bond acceptors (Lipinski definition) is 3. The molecule has 0 amide bonds. The lowest BCUT2D eigenvalue weighted by Gasteiger charge is -1.87. The van der Waals surface area contributed by atoms with Gasteiger partial charge in [-0.15, -0.1) is 0 Å². The van der Waals surface area contributed by atoms with E-state index in [1.54, 1.807) is 0 Å². The van der Waals surface area contributed by atoms with Crippen molar-refractivity contribution < 1.29 is 5.11 Å². The molecule has 0 aromatic carbocycles. The van der Waals surface area contributed by atoms with Gasteiger partial charge in [0.2, 0.25) is 0 Å². The van der Waals surface area contributed by atoms with E-state index in [2.05, 4.69) is 17.3 Å². The monoisotopic (exact) mass is 114 g/mol. The summed E-state index contributed by atoms with van der Waals surface area (Å²) in [6.07, 6.45) is 0. The van der Waals surface area contributed by atoms with Crippen LogP contribution in [0.5, 0.6) is 0 Å². The van der Waals surface area contributed by atoms with Crippen molar-refractivity contribution in [3.8, 4) is 12.0 Å². The number of rotatable bonds is 2. The first-order valence-corrected chi connectivity index (χ1v) is 2.43. The Balaban J connectivity index is 2.90. The molecule has 0 aliphatic carbocycles. The molecular formula is C5H10N2O. The van der Waals surface area contributed by atoms with Gasteiger partial charge in [0.25, 0.3) is 0 Å². The van der Waals surface area contributed by atoms with E-state index < -0.39 is 0 Å². The van der Waals surface area contributed by atoms with Gasteiger partial charge in [-0.2, -0.15) is 0 Å². The predicted octanol–water partition coefficient (Wildman–Crippen LogP) is -1.51. The van der Waals surface area contributed by atoms with Crippen LogP contribution in [0.3, 0.4) is 0 Å². The number of aliphatic hydroxyl groups excluding tert-OH is 1. The summed E-state index contributed by atoms with van der Waals surface area (Å²) in [6, 6.07) is 2.55. The van der Waals surface area contributed by atoms with Crippen LogP contribution >= 0.6 is 0 Å². The third-order valence-corrected chi connectivity index (χ3v) is 0.516. The lowest BCUT2D eigenvalue weighted by Crippen LogP contribution is -2.11. The van der Waals surface area contributed by atoms with Gasteiger partial charge in [0, 0.05) is 12.6 Å². The van der Waals surface area contributed by atoms with E-state index >= 15 is 0 Å². The van der Waals surface area contributed by atoms with Gasteiger partial charge in [0.1, 0.15) is 0 Å². The fourth-order valence-corrected chi connectivity index (χ4v) is 0.232. The van der Waals surface area contributed by atoms with Crippen molar-refractivity contribution in [3.63, 3.8) is 0 Å². The minimum absolute atomic E-state index is 0.110. The second-order valence-corrected chi connectivity index (χ2v) is 1.16. The maximum absolute atomic E-state index is 8.20. The second-order valence-electron chi connectivity index (χ2n) is 1.16. The molecule has 0 radical (unpaired) electrons. The van der Waals surface area contributed by atoms with Crippen molar-refractivity contribution >= 4 is 0 Å². The largest absolute Gasteiger partial charge is 0.395 e. The smallest absolute Gasteiger partial charge is 0.0611 e. The predicted molar refractivity (Wildman–Crippen MR) is 31.9 cm³/mol. The van der Waals surface area contributed by atoms with Crippen molar-refractivity contribution in [2.45, 2.75) is 0 Å². The molecule has 46 valence electrons.